The number of rotatable bonds is 0. The van der Waals surface area contributed by atoms with Crippen LogP contribution in [0.4, 0.5) is 10.1 Å². The van der Waals surface area contributed by atoms with Crippen LogP contribution < -0.4 is 11.6 Å². The molecule has 2 rings (SSSR count). The van der Waals surface area contributed by atoms with E-state index in [1.54, 1.807) is 12.1 Å². The van der Waals surface area contributed by atoms with E-state index in [4.69, 9.17) is 11.6 Å². The van der Waals surface area contributed by atoms with Crippen molar-refractivity contribution in [3.05, 3.63) is 29.6 Å². The Labute approximate surface area is 74.6 Å². The van der Waals surface area contributed by atoms with Crippen LogP contribution in [0, 0.1) is 5.82 Å². The summed E-state index contributed by atoms with van der Waals surface area (Å²) < 4.78 is 13.2. The van der Waals surface area contributed by atoms with Gasteiger partial charge in [0.05, 0.1) is 12.2 Å². The number of fused-ring (bicyclic) bond motifs is 1. The molecule has 1 aromatic rings. The Bertz CT molecular complexity index is 374. The Hall–Kier alpha value is -1.62. The molecule has 0 radical (unpaired) electrons. The second kappa shape index (κ2) is 2.70. The summed E-state index contributed by atoms with van der Waals surface area (Å²) in [6.07, 6.45) is 0. The van der Waals surface area contributed by atoms with Gasteiger partial charge in [-0.3, -0.25) is 5.01 Å². The molecule has 4 nitrogen and oxygen atoms in total. The first kappa shape index (κ1) is 8.00. The van der Waals surface area contributed by atoms with Crippen LogP contribution in [-0.4, -0.2) is 11.0 Å². The summed E-state index contributed by atoms with van der Waals surface area (Å²) in [7, 11) is 0. The highest BCUT2D eigenvalue weighted by Gasteiger charge is 2.17. The van der Waals surface area contributed by atoms with Gasteiger partial charge in [-0.25, -0.2) is 15.2 Å². The standard InChI is InChI=1S/C8H9FN4/c9-6-2-1-3-7-5(6)4-13(11)8(10)12-7/h1-3H,4,11H2,(H2,10,12). The first-order valence-electron chi connectivity index (χ1n) is 3.82. The number of nitrogens with zero attached hydrogens (tertiary/aromatic N) is 2. The summed E-state index contributed by atoms with van der Waals surface area (Å²) in [5.74, 6) is 5.38. The molecule has 1 heterocycles. The monoisotopic (exact) mass is 180 g/mol. The molecule has 0 atom stereocenters. The number of guanidine groups is 1. The summed E-state index contributed by atoms with van der Waals surface area (Å²) in [5.41, 5.74) is 6.51. The molecular weight excluding hydrogens is 171 g/mol. The average Bonchev–Trinajstić information content (AvgIpc) is 2.09. The lowest BCUT2D eigenvalue weighted by Gasteiger charge is -2.23. The number of halogens is 1. The Kier molecular flexibility index (Phi) is 1.66. The number of hydrazine groups is 1. The molecule has 0 saturated heterocycles. The van der Waals surface area contributed by atoms with Crippen LogP contribution in [0.1, 0.15) is 5.56 Å². The van der Waals surface area contributed by atoms with E-state index in [-0.39, 0.29) is 18.3 Å². The summed E-state index contributed by atoms with van der Waals surface area (Å²) in [5, 5.41) is 1.21. The fourth-order valence-electron chi connectivity index (χ4n) is 1.25. The molecule has 1 aliphatic rings. The fourth-order valence-corrected chi connectivity index (χ4v) is 1.25. The average molecular weight is 180 g/mol. The van der Waals surface area contributed by atoms with Crippen molar-refractivity contribution >= 4 is 11.6 Å². The predicted octanol–water partition coefficient (Wildman–Crippen LogP) is 0.461. The van der Waals surface area contributed by atoms with E-state index < -0.39 is 0 Å². The molecule has 13 heavy (non-hydrogen) atoms. The molecule has 0 aliphatic carbocycles. The molecule has 0 unspecified atom stereocenters. The van der Waals surface area contributed by atoms with E-state index in [1.165, 1.54) is 11.1 Å². The maximum atomic E-state index is 13.2. The van der Waals surface area contributed by atoms with Crippen LogP contribution in [0.5, 0.6) is 0 Å². The molecule has 5 heteroatoms. The largest absolute Gasteiger partial charge is 0.368 e. The minimum absolute atomic E-state index is 0.207. The summed E-state index contributed by atoms with van der Waals surface area (Å²) in [6, 6.07) is 4.68. The van der Waals surface area contributed by atoms with Gasteiger partial charge in [-0.2, -0.15) is 0 Å². The second-order valence-electron chi connectivity index (χ2n) is 2.84. The van der Waals surface area contributed by atoms with Gasteiger partial charge in [0.15, 0.2) is 0 Å². The number of benzene rings is 1. The first-order valence-corrected chi connectivity index (χ1v) is 3.82. The topological polar surface area (TPSA) is 67.6 Å². The van der Waals surface area contributed by atoms with Gasteiger partial charge in [0.1, 0.15) is 5.82 Å². The highest BCUT2D eigenvalue weighted by Crippen LogP contribution is 2.25. The maximum absolute atomic E-state index is 13.2. The van der Waals surface area contributed by atoms with E-state index in [2.05, 4.69) is 4.99 Å². The highest BCUT2D eigenvalue weighted by molar-refractivity contribution is 5.82. The normalized spacial score (nSPS) is 15.2. The van der Waals surface area contributed by atoms with E-state index in [9.17, 15) is 4.39 Å². The van der Waals surface area contributed by atoms with Gasteiger partial charge in [0, 0.05) is 5.56 Å². The fraction of sp³-hybridized carbons (Fsp3) is 0.125. The Morgan fingerprint density at radius 3 is 3.00 bits per heavy atom. The van der Waals surface area contributed by atoms with Crippen LogP contribution in [-0.2, 0) is 6.54 Å². The number of hydrogen-bond donors (Lipinski definition) is 2. The Balaban J connectivity index is 2.56. The minimum Gasteiger partial charge on any atom is -0.368 e. The van der Waals surface area contributed by atoms with Crippen molar-refractivity contribution in [3.8, 4) is 0 Å². The molecule has 0 amide bonds. The van der Waals surface area contributed by atoms with Crippen molar-refractivity contribution in [1.82, 2.24) is 5.01 Å². The number of hydrogen-bond acceptors (Lipinski definition) is 4. The van der Waals surface area contributed by atoms with Gasteiger partial charge in [-0.1, -0.05) is 6.07 Å². The van der Waals surface area contributed by atoms with Gasteiger partial charge in [0.2, 0.25) is 5.96 Å². The molecule has 0 saturated carbocycles. The third-order valence-corrected chi connectivity index (χ3v) is 1.95. The van der Waals surface area contributed by atoms with Crippen molar-refractivity contribution < 1.29 is 4.39 Å². The minimum atomic E-state index is -0.302. The molecule has 1 aromatic carbocycles. The molecule has 68 valence electrons. The maximum Gasteiger partial charge on any atom is 0.211 e. The number of aliphatic imine (C=N–C) groups is 1. The second-order valence-corrected chi connectivity index (χ2v) is 2.84. The van der Waals surface area contributed by atoms with Crippen molar-refractivity contribution in [2.24, 2.45) is 16.6 Å². The quantitative estimate of drug-likeness (QED) is 0.570. The Morgan fingerprint density at radius 2 is 2.23 bits per heavy atom. The van der Waals surface area contributed by atoms with Gasteiger partial charge < -0.3 is 5.73 Å². The van der Waals surface area contributed by atoms with Crippen molar-refractivity contribution in [3.63, 3.8) is 0 Å². The molecule has 0 spiro atoms. The van der Waals surface area contributed by atoms with E-state index in [1.807, 2.05) is 0 Å². The third kappa shape index (κ3) is 1.23. The molecular formula is C8H9FN4. The summed E-state index contributed by atoms with van der Waals surface area (Å²) in [4.78, 5) is 3.94. The van der Waals surface area contributed by atoms with E-state index in [0.29, 0.717) is 11.3 Å². The van der Waals surface area contributed by atoms with Gasteiger partial charge in [-0.05, 0) is 12.1 Å². The van der Waals surface area contributed by atoms with Crippen LogP contribution in [0.15, 0.2) is 23.2 Å². The van der Waals surface area contributed by atoms with Crippen molar-refractivity contribution in [2.75, 3.05) is 0 Å². The van der Waals surface area contributed by atoms with E-state index >= 15 is 0 Å². The predicted molar refractivity (Wildman–Crippen MR) is 47.4 cm³/mol. The smallest absolute Gasteiger partial charge is 0.211 e. The SMILES string of the molecule is NC1=Nc2cccc(F)c2CN1N. The lowest BCUT2D eigenvalue weighted by Crippen LogP contribution is -2.43. The molecule has 1 aliphatic heterocycles. The van der Waals surface area contributed by atoms with Crippen LogP contribution in [0.25, 0.3) is 0 Å². The van der Waals surface area contributed by atoms with Crippen molar-refractivity contribution in [1.29, 1.82) is 0 Å². The van der Waals surface area contributed by atoms with Gasteiger partial charge in [-0.15, -0.1) is 0 Å². The van der Waals surface area contributed by atoms with Crippen LogP contribution in [0.3, 0.4) is 0 Å². The highest BCUT2D eigenvalue weighted by atomic mass is 19.1. The molecule has 0 fully saturated rings. The molecule has 0 aromatic heterocycles. The summed E-state index contributed by atoms with van der Waals surface area (Å²) in [6.45, 7) is 0.261. The third-order valence-electron chi connectivity index (χ3n) is 1.95. The lowest BCUT2D eigenvalue weighted by atomic mass is 10.1. The molecule has 4 N–H and O–H groups in total. The zero-order chi connectivity index (χ0) is 9.42. The molecule has 0 bridgehead atoms. The summed E-state index contributed by atoms with van der Waals surface area (Å²) >= 11 is 0. The zero-order valence-corrected chi connectivity index (χ0v) is 6.87. The van der Waals surface area contributed by atoms with Gasteiger partial charge >= 0.3 is 0 Å². The zero-order valence-electron chi connectivity index (χ0n) is 6.87. The van der Waals surface area contributed by atoms with E-state index in [0.717, 1.165) is 0 Å². The number of nitrogens with two attached hydrogens (primary N) is 2. The van der Waals surface area contributed by atoms with Crippen LogP contribution in [0.2, 0.25) is 0 Å². The first-order chi connectivity index (χ1) is 6.18. The van der Waals surface area contributed by atoms with Crippen LogP contribution >= 0.6 is 0 Å². The van der Waals surface area contributed by atoms with Crippen molar-refractivity contribution in [2.45, 2.75) is 6.54 Å². The Morgan fingerprint density at radius 1 is 1.46 bits per heavy atom. The lowest BCUT2D eigenvalue weighted by molar-refractivity contribution is 0.411. The van der Waals surface area contributed by atoms with Gasteiger partial charge in [0.25, 0.3) is 0 Å².